The average molecular weight is 217 g/mol. The van der Waals surface area contributed by atoms with E-state index in [1.807, 2.05) is 18.7 Å². The van der Waals surface area contributed by atoms with Crippen molar-refractivity contribution in [2.24, 2.45) is 0 Å². The third-order valence-electron chi connectivity index (χ3n) is 1.65. The number of rotatable bonds is 5. The Balaban J connectivity index is 2.31. The van der Waals surface area contributed by atoms with Gasteiger partial charge in [0, 0.05) is 6.04 Å². The molecule has 0 saturated heterocycles. The molecule has 0 amide bonds. The Kier molecular flexibility index (Phi) is 4.52. The lowest BCUT2D eigenvalue weighted by Crippen LogP contribution is -2.15. The van der Waals surface area contributed by atoms with E-state index < -0.39 is 0 Å². The van der Waals surface area contributed by atoms with Crippen LogP contribution >= 0.6 is 23.1 Å². The van der Waals surface area contributed by atoms with Gasteiger partial charge in [0.25, 0.3) is 0 Å². The maximum atomic E-state index is 4.01. The molecule has 0 saturated carbocycles. The highest BCUT2D eigenvalue weighted by Gasteiger charge is 2.04. The lowest BCUT2D eigenvalue weighted by atomic mass is 10.3. The summed E-state index contributed by atoms with van der Waals surface area (Å²) >= 11 is 3.48. The molecule has 5 heteroatoms. The van der Waals surface area contributed by atoms with Crippen molar-refractivity contribution < 1.29 is 0 Å². The fourth-order valence-corrected chi connectivity index (χ4v) is 2.22. The number of hydrogen-bond donors (Lipinski definition) is 1. The normalized spacial score (nSPS) is 12.8. The van der Waals surface area contributed by atoms with Gasteiger partial charge in [0.05, 0.1) is 0 Å². The molecule has 3 nitrogen and oxygen atoms in total. The monoisotopic (exact) mass is 217 g/mol. The van der Waals surface area contributed by atoms with E-state index in [0.717, 1.165) is 10.1 Å². The van der Waals surface area contributed by atoms with Gasteiger partial charge in [0.15, 0.2) is 0 Å². The lowest BCUT2D eigenvalue weighted by Gasteiger charge is -2.10. The smallest absolute Gasteiger partial charge is 0.205 e. The van der Waals surface area contributed by atoms with Gasteiger partial charge in [-0.05, 0) is 32.3 Å². The van der Waals surface area contributed by atoms with Gasteiger partial charge in [-0.25, -0.2) is 0 Å². The maximum absolute atomic E-state index is 4.01. The van der Waals surface area contributed by atoms with Gasteiger partial charge < -0.3 is 5.32 Å². The number of thioether (sulfide) groups is 1. The molecule has 0 radical (unpaired) electrons. The van der Waals surface area contributed by atoms with E-state index in [1.54, 1.807) is 11.3 Å². The average Bonchev–Trinajstić information content (AvgIpc) is 2.48. The number of anilines is 1. The predicted octanol–water partition coefficient (Wildman–Crippen LogP) is 2.40. The summed E-state index contributed by atoms with van der Waals surface area (Å²) in [5.74, 6) is 1.19. The quantitative estimate of drug-likeness (QED) is 0.822. The second-order valence-corrected chi connectivity index (χ2v) is 5.12. The molecule has 0 bridgehead atoms. The van der Waals surface area contributed by atoms with E-state index in [1.165, 1.54) is 12.2 Å². The number of aryl methyl sites for hydroxylation is 1. The zero-order valence-corrected chi connectivity index (χ0v) is 9.84. The van der Waals surface area contributed by atoms with E-state index in [-0.39, 0.29) is 0 Å². The molecular weight excluding hydrogens is 202 g/mol. The van der Waals surface area contributed by atoms with E-state index >= 15 is 0 Å². The van der Waals surface area contributed by atoms with E-state index in [2.05, 4.69) is 28.7 Å². The van der Waals surface area contributed by atoms with Gasteiger partial charge in [-0.2, -0.15) is 11.8 Å². The first-order valence-electron chi connectivity index (χ1n) is 4.28. The van der Waals surface area contributed by atoms with Gasteiger partial charge >= 0.3 is 0 Å². The predicted molar refractivity (Wildman–Crippen MR) is 60.7 cm³/mol. The molecule has 1 heterocycles. The zero-order valence-electron chi connectivity index (χ0n) is 8.20. The van der Waals surface area contributed by atoms with Crippen LogP contribution in [-0.4, -0.2) is 28.2 Å². The zero-order chi connectivity index (χ0) is 9.68. The highest BCUT2D eigenvalue weighted by Crippen LogP contribution is 2.15. The van der Waals surface area contributed by atoms with Crippen LogP contribution in [0.2, 0.25) is 0 Å². The van der Waals surface area contributed by atoms with Crippen molar-refractivity contribution >= 4 is 28.2 Å². The Hall–Kier alpha value is -0.290. The van der Waals surface area contributed by atoms with Crippen LogP contribution in [0, 0.1) is 6.92 Å². The molecule has 1 rings (SSSR count). The Bertz CT molecular complexity index is 249. The summed E-state index contributed by atoms with van der Waals surface area (Å²) in [6.45, 7) is 4.14. The summed E-state index contributed by atoms with van der Waals surface area (Å²) in [6.07, 6.45) is 3.29. The first kappa shape index (κ1) is 10.8. The number of aromatic nitrogens is 2. The van der Waals surface area contributed by atoms with Gasteiger partial charge in [-0.3, -0.25) is 0 Å². The SMILES string of the molecule is CSCCC(C)Nc1nnc(C)s1. The highest BCUT2D eigenvalue weighted by atomic mass is 32.2. The minimum absolute atomic E-state index is 0.486. The molecule has 1 aromatic rings. The third kappa shape index (κ3) is 3.95. The highest BCUT2D eigenvalue weighted by molar-refractivity contribution is 7.98. The molecule has 0 aromatic carbocycles. The molecule has 13 heavy (non-hydrogen) atoms. The van der Waals surface area contributed by atoms with Crippen LogP contribution in [-0.2, 0) is 0 Å². The summed E-state index contributed by atoms with van der Waals surface area (Å²) < 4.78 is 0. The molecule has 1 N–H and O–H groups in total. The largest absolute Gasteiger partial charge is 0.358 e. The van der Waals surface area contributed by atoms with Crippen molar-refractivity contribution in [1.29, 1.82) is 0 Å². The molecule has 1 unspecified atom stereocenters. The molecule has 0 aliphatic rings. The second kappa shape index (κ2) is 5.44. The summed E-state index contributed by atoms with van der Waals surface area (Å²) in [4.78, 5) is 0. The fraction of sp³-hybridized carbons (Fsp3) is 0.750. The van der Waals surface area contributed by atoms with Crippen molar-refractivity contribution in [1.82, 2.24) is 10.2 Å². The molecule has 74 valence electrons. The van der Waals surface area contributed by atoms with Crippen LogP contribution in [0.4, 0.5) is 5.13 Å². The molecule has 0 spiro atoms. The fourth-order valence-electron chi connectivity index (χ4n) is 0.932. The van der Waals surface area contributed by atoms with Gasteiger partial charge in [-0.1, -0.05) is 11.3 Å². The minimum atomic E-state index is 0.486. The number of nitrogens with one attached hydrogen (secondary N) is 1. The molecule has 1 aromatic heterocycles. The summed E-state index contributed by atoms with van der Waals surface area (Å²) in [5.41, 5.74) is 0. The van der Waals surface area contributed by atoms with Crippen LogP contribution in [0.5, 0.6) is 0 Å². The summed E-state index contributed by atoms with van der Waals surface area (Å²) in [7, 11) is 0. The van der Waals surface area contributed by atoms with Gasteiger partial charge in [-0.15, -0.1) is 10.2 Å². The van der Waals surface area contributed by atoms with Crippen molar-refractivity contribution in [2.45, 2.75) is 26.3 Å². The third-order valence-corrected chi connectivity index (χ3v) is 3.06. The topological polar surface area (TPSA) is 37.8 Å². The molecular formula is C8H15N3S2. The molecule has 0 aliphatic carbocycles. The number of hydrogen-bond acceptors (Lipinski definition) is 5. The van der Waals surface area contributed by atoms with E-state index in [0.29, 0.717) is 6.04 Å². The maximum Gasteiger partial charge on any atom is 0.205 e. The number of nitrogens with zero attached hydrogens (tertiary/aromatic N) is 2. The first-order chi connectivity index (χ1) is 6.22. The van der Waals surface area contributed by atoms with Crippen molar-refractivity contribution in [3.05, 3.63) is 5.01 Å². The van der Waals surface area contributed by atoms with Gasteiger partial charge in [0.2, 0.25) is 5.13 Å². The summed E-state index contributed by atoms with van der Waals surface area (Å²) in [5, 5.41) is 13.2. The van der Waals surface area contributed by atoms with Crippen LogP contribution in [0.15, 0.2) is 0 Å². The van der Waals surface area contributed by atoms with Crippen LogP contribution < -0.4 is 5.32 Å². The molecule has 0 fully saturated rings. The molecule has 1 atom stereocenters. The van der Waals surface area contributed by atoms with Crippen LogP contribution in [0.1, 0.15) is 18.4 Å². The van der Waals surface area contributed by atoms with Crippen LogP contribution in [0.3, 0.4) is 0 Å². The standard InChI is InChI=1S/C8H15N3S2/c1-6(4-5-12-3)9-8-11-10-7(2)13-8/h6H,4-5H2,1-3H3,(H,9,11). The van der Waals surface area contributed by atoms with Crippen LogP contribution in [0.25, 0.3) is 0 Å². The Morgan fingerprint density at radius 2 is 2.31 bits per heavy atom. The van der Waals surface area contributed by atoms with Gasteiger partial charge in [0.1, 0.15) is 5.01 Å². The molecule has 0 aliphatic heterocycles. The Morgan fingerprint density at radius 1 is 1.54 bits per heavy atom. The Morgan fingerprint density at radius 3 is 2.85 bits per heavy atom. The van der Waals surface area contributed by atoms with Crippen molar-refractivity contribution in [3.63, 3.8) is 0 Å². The van der Waals surface area contributed by atoms with E-state index in [4.69, 9.17) is 0 Å². The first-order valence-corrected chi connectivity index (χ1v) is 6.49. The second-order valence-electron chi connectivity index (χ2n) is 2.95. The lowest BCUT2D eigenvalue weighted by molar-refractivity contribution is 0.767. The van der Waals surface area contributed by atoms with Crippen molar-refractivity contribution in [3.8, 4) is 0 Å². The van der Waals surface area contributed by atoms with E-state index in [9.17, 15) is 0 Å². The minimum Gasteiger partial charge on any atom is -0.358 e. The summed E-state index contributed by atoms with van der Waals surface area (Å²) in [6, 6.07) is 0.486. The van der Waals surface area contributed by atoms with Crippen molar-refractivity contribution in [2.75, 3.05) is 17.3 Å². The Labute approximate surface area is 87.3 Å².